The molecule has 0 aliphatic heterocycles. The fourth-order valence-corrected chi connectivity index (χ4v) is 4.17. The lowest BCUT2D eigenvalue weighted by Gasteiger charge is -2.22. The molecular weight excluding hydrogens is 392 g/mol. The Labute approximate surface area is 179 Å². The van der Waals surface area contributed by atoms with Crippen molar-refractivity contribution < 1.29 is 18.5 Å². The molecule has 0 spiro atoms. The van der Waals surface area contributed by atoms with Crippen LogP contribution < -0.4 is 0 Å². The van der Waals surface area contributed by atoms with E-state index in [4.69, 9.17) is 18.7 Å². The van der Waals surface area contributed by atoms with Crippen LogP contribution in [0.3, 0.4) is 0 Å². The van der Waals surface area contributed by atoms with Crippen LogP contribution in [-0.2, 0) is 17.8 Å². The molecular formula is C25H22N2O4. The number of rotatable bonds is 4. The summed E-state index contributed by atoms with van der Waals surface area (Å²) in [6, 6.07) is 11.5. The number of fused-ring (bicyclic) bond motifs is 2. The van der Waals surface area contributed by atoms with Crippen molar-refractivity contribution in [2.75, 3.05) is 0 Å². The molecule has 0 bridgehead atoms. The first-order chi connectivity index (χ1) is 15.1. The van der Waals surface area contributed by atoms with Crippen molar-refractivity contribution >= 4 is 28.5 Å². The summed E-state index contributed by atoms with van der Waals surface area (Å²) in [7, 11) is 0. The van der Waals surface area contributed by atoms with Crippen LogP contribution in [-0.4, -0.2) is 16.1 Å². The molecule has 156 valence electrons. The molecule has 1 aliphatic rings. The number of allylic oxidation sites excluding steroid dienone is 1. The number of aromatic nitrogens is 2. The van der Waals surface area contributed by atoms with Gasteiger partial charge in [0, 0.05) is 5.39 Å². The Morgan fingerprint density at radius 2 is 2.03 bits per heavy atom. The molecule has 3 aromatic heterocycles. The highest BCUT2D eigenvalue weighted by Gasteiger charge is 2.26. The van der Waals surface area contributed by atoms with Crippen molar-refractivity contribution in [3.05, 3.63) is 82.3 Å². The monoisotopic (exact) mass is 414 g/mol. The Morgan fingerprint density at radius 1 is 1.16 bits per heavy atom. The van der Waals surface area contributed by atoms with E-state index in [2.05, 4.69) is 5.16 Å². The highest BCUT2D eigenvalue weighted by Crippen LogP contribution is 2.36. The summed E-state index contributed by atoms with van der Waals surface area (Å²) in [5.74, 6) is 1.09. The molecule has 1 aliphatic carbocycles. The van der Waals surface area contributed by atoms with Crippen molar-refractivity contribution in [2.24, 2.45) is 0 Å². The molecule has 1 aromatic carbocycles. The van der Waals surface area contributed by atoms with Gasteiger partial charge < -0.3 is 13.7 Å². The predicted octanol–water partition coefficient (Wildman–Crippen LogP) is 5.67. The van der Waals surface area contributed by atoms with Gasteiger partial charge >= 0.3 is 5.97 Å². The fraction of sp³-hybridized carbons (Fsp3) is 0.240. The first kappa shape index (κ1) is 19.3. The van der Waals surface area contributed by atoms with Crippen LogP contribution in [0.15, 0.2) is 51.6 Å². The number of carbonyl (C=O) groups excluding carboxylic acids is 1. The van der Waals surface area contributed by atoms with Gasteiger partial charge in [-0.25, -0.2) is 9.78 Å². The molecule has 0 saturated carbocycles. The molecule has 5 rings (SSSR count). The summed E-state index contributed by atoms with van der Waals surface area (Å²) >= 11 is 0. The average Bonchev–Trinajstić information content (AvgIpc) is 3.40. The third kappa shape index (κ3) is 3.54. The minimum Gasteiger partial charge on any atom is -0.465 e. The van der Waals surface area contributed by atoms with Crippen molar-refractivity contribution in [3.63, 3.8) is 0 Å². The normalized spacial score (nSPS) is 14.7. The zero-order chi connectivity index (χ0) is 21.4. The quantitative estimate of drug-likeness (QED) is 0.401. The number of hydrogen-bond acceptors (Lipinski definition) is 6. The standard InChI is InChI=1S/C25H22N2O4/c1-15-21(16(2)31-27-15)14-30-25(28)23-19-9-3-4-11-22(19)26-24-17(7-5-10-20(23)24)13-18-8-6-12-29-18/h3-4,6,8-9,11-13H,5,7,10,14H2,1-2H3. The second-order valence-corrected chi connectivity index (χ2v) is 7.75. The zero-order valence-electron chi connectivity index (χ0n) is 17.5. The van der Waals surface area contributed by atoms with Gasteiger partial charge in [-0.05, 0) is 68.5 Å². The smallest absolute Gasteiger partial charge is 0.339 e. The Kier molecular flexibility index (Phi) is 4.90. The van der Waals surface area contributed by atoms with Crippen molar-refractivity contribution in [2.45, 2.75) is 39.7 Å². The van der Waals surface area contributed by atoms with E-state index in [1.54, 1.807) is 6.26 Å². The molecule has 4 aromatic rings. The van der Waals surface area contributed by atoms with Gasteiger partial charge in [0.05, 0.1) is 34.3 Å². The van der Waals surface area contributed by atoms with Crippen LogP contribution in [0.2, 0.25) is 0 Å². The SMILES string of the molecule is Cc1noc(C)c1COC(=O)c1c2c(nc3ccccc13)C(=Cc1ccco1)CCC2. The summed E-state index contributed by atoms with van der Waals surface area (Å²) < 4.78 is 16.4. The van der Waals surface area contributed by atoms with Gasteiger partial charge in [-0.15, -0.1) is 0 Å². The van der Waals surface area contributed by atoms with Crippen LogP contribution in [0.4, 0.5) is 0 Å². The lowest BCUT2D eigenvalue weighted by Crippen LogP contribution is -2.15. The number of para-hydroxylation sites is 1. The first-order valence-electron chi connectivity index (χ1n) is 10.4. The first-order valence-corrected chi connectivity index (χ1v) is 10.4. The summed E-state index contributed by atoms with van der Waals surface area (Å²) in [5, 5.41) is 4.75. The number of benzene rings is 1. The average molecular weight is 414 g/mol. The molecule has 6 heteroatoms. The van der Waals surface area contributed by atoms with E-state index < -0.39 is 0 Å². The van der Waals surface area contributed by atoms with E-state index in [0.29, 0.717) is 11.3 Å². The number of hydrogen-bond donors (Lipinski definition) is 0. The number of carbonyl (C=O) groups is 1. The largest absolute Gasteiger partial charge is 0.465 e. The van der Waals surface area contributed by atoms with Crippen LogP contribution >= 0.6 is 0 Å². The van der Waals surface area contributed by atoms with Crippen LogP contribution in [0.1, 0.15) is 57.2 Å². The lowest BCUT2D eigenvalue weighted by atomic mass is 9.86. The summed E-state index contributed by atoms with van der Waals surface area (Å²) in [5.41, 5.74) is 5.77. The molecule has 0 amide bonds. The van der Waals surface area contributed by atoms with E-state index in [0.717, 1.165) is 64.0 Å². The molecule has 3 heterocycles. The van der Waals surface area contributed by atoms with Gasteiger partial charge in [-0.3, -0.25) is 0 Å². The maximum atomic E-state index is 13.3. The van der Waals surface area contributed by atoms with Gasteiger partial charge in [-0.2, -0.15) is 0 Å². The highest BCUT2D eigenvalue weighted by atomic mass is 16.5. The number of ether oxygens (including phenoxy) is 1. The number of esters is 1. The van der Waals surface area contributed by atoms with Crippen LogP contribution in [0, 0.1) is 13.8 Å². The third-order valence-corrected chi connectivity index (χ3v) is 5.76. The maximum Gasteiger partial charge on any atom is 0.339 e. The summed E-state index contributed by atoms with van der Waals surface area (Å²) in [6.45, 7) is 3.79. The number of furan rings is 1. The van der Waals surface area contributed by atoms with E-state index in [-0.39, 0.29) is 12.6 Å². The Hall–Kier alpha value is -3.67. The van der Waals surface area contributed by atoms with Crippen molar-refractivity contribution in [1.82, 2.24) is 10.1 Å². The minimum absolute atomic E-state index is 0.126. The fourth-order valence-electron chi connectivity index (χ4n) is 4.17. The maximum absolute atomic E-state index is 13.3. The van der Waals surface area contributed by atoms with Crippen LogP contribution in [0.5, 0.6) is 0 Å². The van der Waals surface area contributed by atoms with Crippen molar-refractivity contribution in [3.8, 4) is 0 Å². The molecule has 0 N–H and O–H groups in total. The van der Waals surface area contributed by atoms with E-state index in [1.807, 2.05) is 56.3 Å². The minimum atomic E-state index is -0.353. The number of aryl methyl sites for hydroxylation is 2. The topological polar surface area (TPSA) is 78.4 Å². The van der Waals surface area contributed by atoms with Gasteiger partial charge in [0.2, 0.25) is 0 Å². The molecule has 0 fully saturated rings. The van der Waals surface area contributed by atoms with Crippen LogP contribution in [0.25, 0.3) is 22.6 Å². The number of nitrogens with zero attached hydrogens (tertiary/aromatic N) is 2. The highest BCUT2D eigenvalue weighted by molar-refractivity contribution is 6.06. The van der Waals surface area contributed by atoms with Gasteiger partial charge in [0.15, 0.2) is 0 Å². The second kappa shape index (κ2) is 7.87. The molecule has 0 saturated heterocycles. The van der Waals surface area contributed by atoms with Crippen molar-refractivity contribution in [1.29, 1.82) is 0 Å². The van der Waals surface area contributed by atoms with Gasteiger partial charge in [-0.1, -0.05) is 23.4 Å². The lowest BCUT2D eigenvalue weighted by molar-refractivity contribution is 0.0471. The molecule has 31 heavy (non-hydrogen) atoms. The zero-order valence-corrected chi connectivity index (χ0v) is 17.5. The number of pyridine rings is 1. The molecule has 0 unspecified atom stereocenters. The van der Waals surface area contributed by atoms with E-state index >= 15 is 0 Å². The van der Waals surface area contributed by atoms with E-state index in [1.165, 1.54) is 0 Å². The summed E-state index contributed by atoms with van der Waals surface area (Å²) in [4.78, 5) is 18.2. The molecule has 0 radical (unpaired) electrons. The van der Waals surface area contributed by atoms with Gasteiger partial charge in [0.1, 0.15) is 18.1 Å². The van der Waals surface area contributed by atoms with Gasteiger partial charge in [0.25, 0.3) is 0 Å². The molecule has 0 atom stereocenters. The molecule has 6 nitrogen and oxygen atoms in total. The predicted molar refractivity (Wildman–Crippen MR) is 116 cm³/mol. The Morgan fingerprint density at radius 3 is 2.81 bits per heavy atom. The Balaban J connectivity index is 1.59. The second-order valence-electron chi connectivity index (χ2n) is 7.75. The summed E-state index contributed by atoms with van der Waals surface area (Å²) in [6.07, 6.45) is 6.26. The Bertz CT molecular complexity index is 1280. The third-order valence-electron chi connectivity index (χ3n) is 5.76. The van der Waals surface area contributed by atoms with E-state index in [9.17, 15) is 4.79 Å².